The minimum absolute atomic E-state index is 0.725. The van der Waals surface area contributed by atoms with Crippen molar-refractivity contribution in [1.29, 1.82) is 0 Å². The van der Waals surface area contributed by atoms with Gasteiger partial charge in [-0.25, -0.2) is 0 Å². The molecule has 1 saturated heterocycles. The quantitative estimate of drug-likeness (QED) is 0.812. The first-order valence-electron chi connectivity index (χ1n) is 6.95. The second-order valence-corrected chi connectivity index (χ2v) is 5.56. The fourth-order valence-electron chi connectivity index (χ4n) is 3.59. The van der Waals surface area contributed by atoms with Crippen LogP contribution >= 0.6 is 0 Å². The van der Waals surface area contributed by atoms with Gasteiger partial charge >= 0.3 is 0 Å². The van der Waals surface area contributed by atoms with Gasteiger partial charge in [0.25, 0.3) is 0 Å². The Balaban J connectivity index is 2.20. The zero-order valence-electron chi connectivity index (χ0n) is 11.6. The van der Waals surface area contributed by atoms with Crippen molar-refractivity contribution in [3.05, 3.63) is 35.0 Å². The molecule has 2 nitrogen and oxygen atoms in total. The van der Waals surface area contributed by atoms with Gasteiger partial charge in [-0.05, 0) is 50.9 Å². The number of benzene rings is 1. The molecule has 0 radical (unpaired) electrons. The summed E-state index contributed by atoms with van der Waals surface area (Å²) in [4.78, 5) is 0. The zero-order valence-corrected chi connectivity index (χ0v) is 11.6. The highest BCUT2D eigenvalue weighted by Gasteiger charge is 2.22. The molecule has 1 aromatic carbocycles. The fraction of sp³-hybridized carbons (Fsp3) is 0.500. The lowest BCUT2D eigenvalue weighted by Gasteiger charge is -2.24. The van der Waals surface area contributed by atoms with Crippen molar-refractivity contribution in [2.45, 2.75) is 32.6 Å². The van der Waals surface area contributed by atoms with Crippen LogP contribution in [0, 0.1) is 13.8 Å². The third kappa shape index (κ3) is 1.67. The average Bonchev–Trinajstić information content (AvgIpc) is 2.64. The summed E-state index contributed by atoms with van der Waals surface area (Å²) in [5.74, 6) is 0.725. The Bertz CT molecular complexity index is 574. The SMILES string of the molecule is Cc1c(C2CCNCC2)n(C)c2c(C)cccc12. The second kappa shape index (κ2) is 4.43. The number of aromatic nitrogens is 1. The van der Waals surface area contributed by atoms with Gasteiger partial charge in [-0.1, -0.05) is 18.2 Å². The van der Waals surface area contributed by atoms with Gasteiger partial charge in [0, 0.05) is 24.0 Å². The van der Waals surface area contributed by atoms with Crippen molar-refractivity contribution in [2.24, 2.45) is 7.05 Å². The van der Waals surface area contributed by atoms with Crippen molar-refractivity contribution >= 4 is 10.9 Å². The smallest absolute Gasteiger partial charge is 0.0512 e. The van der Waals surface area contributed by atoms with Crippen LogP contribution < -0.4 is 5.32 Å². The van der Waals surface area contributed by atoms with Crippen molar-refractivity contribution < 1.29 is 0 Å². The van der Waals surface area contributed by atoms with Crippen LogP contribution in [0.3, 0.4) is 0 Å². The Hall–Kier alpha value is -1.28. The Morgan fingerprint density at radius 3 is 2.56 bits per heavy atom. The molecule has 1 aromatic heterocycles. The molecule has 0 amide bonds. The van der Waals surface area contributed by atoms with E-state index in [-0.39, 0.29) is 0 Å². The number of hydrogen-bond donors (Lipinski definition) is 1. The lowest BCUT2D eigenvalue weighted by molar-refractivity contribution is 0.445. The minimum Gasteiger partial charge on any atom is -0.347 e. The van der Waals surface area contributed by atoms with Gasteiger partial charge in [0.1, 0.15) is 0 Å². The van der Waals surface area contributed by atoms with Crippen molar-refractivity contribution in [3.63, 3.8) is 0 Å². The minimum atomic E-state index is 0.725. The van der Waals surface area contributed by atoms with Crippen LogP contribution in [0.1, 0.15) is 35.6 Å². The summed E-state index contributed by atoms with van der Waals surface area (Å²) in [6, 6.07) is 6.66. The van der Waals surface area contributed by atoms with Crippen LogP contribution in [0.4, 0.5) is 0 Å². The van der Waals surface area contributed by atoms with Gasteiger partial charge in [-0.15, -0.1) is 0 Å². The van der Waals surface area contributed by atoms with Crippen LogP contribution in [-0.2, 0) is 7.05 Å². The normalized spacial score (nSPS) is 17.5. The first kappa shape index (κ1) is 11.8. The van der Waals surface area contributed by atoms with Gasteiger partial charge in [0.05, 0.1) is 5.52 Å². The molecule has 0 atom stereocenters. The molecule has 0 saturated carbocycles. The number of nitrogens with one attached hydrogen (secondary N) is 1. The van der Waals surface area contributed by atoms with E-state index in [1.54, 1.807) is 5.69 Å². The summed E-state index contributed by atoms with van der Waals surface area (Å²) >= 11 is 0. The van der Waals surface area contributed by atoms with Crippen molar-refractivity contribution in [1.82, 2.24) is 9.88 Å². The van der Waals surface area contributed by atoms with E-state index in [1.165, 1.54) is 34.9 Å². The van der Waals surface area contributed by atoms with Crippen LogP contribution in [0.15, 0.2) is 18.2 Å². The molecule has 2 heteroatoms. The zero-order chi connectivity index (χ0) is 12.7. The third-order valence-corrected chi connectivity index (χ3v) is 4.45. The van der Waals surface area contributed by atoms with E-state index in [0.29, 0.717) is 0 Å². The average molecular weight is 242 g/mol. The molecular formula is C16H22N2. The Labute approximate surface area is 109 Å². The molecule has 18 heavy (non-hydrogen) atoms. The topological polar surface area (TPSA) is 17.0 Å². The standard InChI is InChI=1S/C16H22N2/c1-11-5-4-6-14-12(2)16(18(3)15(11)14)13-7-9-17-10-8-13/h4-6,13,17H,7-10H2,1-3H3. The van der Waals surface area contributed by atoms with E-state index >= 15 is 0 Å². The molecule has 1 aliphatic rings. The highest BCUT2D eigenvalue weighted by Crippen LogP contribution is 2.35. The highest BCUT2D eigenvalue weighted by atomic mass is 15.0. The Morgan fingerprint density at radius 2 is 1.89 bits per heavy atom. The lowest BCUT2D eigenvalue weighted by Crippen LogP contribution is -2.27. The van der Waals surface area contributed by atoms with Gasteiger partial charge in [0.15, 0.2) is 0 Å². The molecular weight excluding hydrogens is 220 g/mol. The van der Waals surface area contributed by atoms with E-state index in [9.17, 15) is 0 Å². The molecule has 0 aliphatic carbocycles. The molecule has 3 rings (SSSR count). The third-order valence-electron chi connectivity index (χ3n) is 4.45. The summed E-state index contributed by atoms with van der Waals surface area (Å²) in [5, 5.41) is 4.90. The Morgan fingerprint density at radius 1 is 1.17 bits per heavy atom. The molecule has 96 valence electrons. The molecule has 2 aromatic rings. The fourth-order valence-corrected chi connectivity index (χ4v) is 3.59. The summed E-state index contributed by atoms with van der Waals surface area (Å²) in [5.41, 5.74) is 5.85. The highest BCUT2D eigenvalue weighted by molar-refractivity contribution is 5.88. The van der Waals surface area contributed by atoms with Gasteiger partial charge in [0.2, 0.25) is 0 Å². The lowest BCUT2D eigenvalue weighted by atomic mass is 9.92. The number of nitrogens with zero attached hydrogens (tertiary/aromatic N) is 1. The number of para-hydroxylation sites is 1. The maximum Gasteiger partial charge on any atom is 0.0512 e. The number of aryl methyl sites for hydroxylation is 3. The predicted molar refractivity (Wildman–Crippen MR) is 77.2 cm³/mol. The first-order chi connectivity index (χ1) is 8.70. The predicted octanol–water partition coefficient (Wildman–Crippen LogP) is 3.26. The molecule has 0 spiro atoms. The van der Waals surface area contributed by atoms with Crippen LogP contribution in [0.2, 0.25) is 0 Å². The largest absolute Gasteiger partial charge is 0.347 e. The van der Waals surface area contributed by atoms with Gasteiger partial charge in [-0.3, -0.25) is 0 Å². The van der Waals surface area contributed by atoms with E-state index in [0.717, 1.165) is 19.0 Å². The van der Waals surface area contributed by atoms with Crippen LogP contribution in [0.25, 0.3) is 10.9 Å². The molecule has 0 bridgehead atoms. The summed E-state index contributed by atoms with van der Waals surface area (Å²) in [6.45, 7) is 6.82. The number of hydrogen-bond acceptors (Lipinski definition) is 1. The molecule has 0 unspecified atom stereocenters. The van der Waals surface area contributed by atoms with Gasteiger partial charge < -0.3 is 9.88 Å². The van der Waals surface area contributed by atoms with E-state index < -0.39 is 0 Å². The van der Waals surface area contributed by atoms with Crippen molar-refractivity contribution in [2.75, 3.05) is 13.1 Å². The molecule has 1 N–H and O–H groups in total. The van der Waals surface area contributed by atoms with Gasteiger partial charge in [-0.2, -0.15) is 0 Å². The van der Waals surface area contributed by atoms with Crippen LogP contribution in [0.5, 0.6) is 0 Å². The summed E-state index contributed by atoms with van der Waals surface area (Å²) < 4.78 is 2.44. The number of rotatable bonds is 1. The summed E-state index contributed by atoms with van der Waals surface area (Å²) in [6.07, 6.45) is 2.54. The van der Waals surface area contributed by atoms with Crippen molar-refractivity contribution in [3.8, 4) is 0 Å². The van der Waals surface area contributed by atoms with E-state index in [1.807, 2.05) is 0 Å². The van der Waals surface area contributed by atoms with Crippen LogP contribution in [-0.4, -0.2) is 17.7 Å². The molecule has 1 fully saturated rings. The number of fused-ring (bicyclic) bond motifs is 1. The maximum atomic E-state index is 3.46. The second-order valence-electron chi connectivity index (χ2n) is 5.56. The molecule has 1 aliphatic heterocycles. The monoisotopic (exact) mass is 242 g/mol. The first-order valence-corrected chi connectivity index (χ1v) is 6.95. The summed E-state index contributed by atoms with van der Waals surface area (Å²) in [7, 11) is 2.24. The van der Waals surface area contributed by atoms with E-state index in [4.69, 9.17) is 0 Å². The Kier molecular flexibility index (Phi) is 2.90. The maximum absolute atomic E-state index is 3.46. The number of piperidine rings is 1. The van der Waals surface area contributed by atoms with E-state index in [2.05, 4.69) is 49.0 Å². The molecule has 2 heterocycles.